The van der Waals surface area contributed by atoms with Crippen molar-refractivity contribution in [3.8, 4) is 11.5 Å². The fraction of sp³-hybridized carbons (Fsp3) is 0.625. The molecule has 1 fully saturated rings. The van der Waals surface area contributed by atoms with Gasteiger partial charge in [0.15, 0.2) is 0 Å². The minimum absolute atomic E-state index is 0.354. The van der Waals surface area contributed by atoms with Gasteiger partial charge < -0.3 is 15.2 Å². The van der Waals surface area contributed by atoms with E-state index >= 15 is 0 Å². The van der Waals surface area contributed by atoms with Gasteiger partial charge in [-0.3, -0.25) is 0 Å². The highest BCUT2D eigenvalue weighted by molar-refractivity contribution is 5.47. The number of rotatable bonds is 5. The monoisotopic (exact) mass is 263 g/mol. The molecule has 0 radical (unpaired) electrons. The largest absolute Gasteiger partial charge is 0.508 e. The van der Waals surface area contributed by atoms with Gasteiger partial charge in [-0.15, -0.1) is 0 Å². The molecule has 2 atom stereocenters. The molecule has 0 bridgehead atoms. The number of ether oxygens (including phenoxy) is 1. The Balaban J connectivity index is 2.25. The Morgan fingerprint density at radius 1 is 1.47 bits per heavy atom. The third-order valence-electron chi connectivity index (χ3n) is 4.20. The van der Waals surface area contributed by atoms with Crippen LogP contribution in [0.5, 0.6) is 11.5 Å². The number of benzene rings is 1. The van der Waals surface area contributed by atoms with Crippen LogP contribution in [-0.2, 0) is 6.42 Å². The third kappa shape index (κ3) is 3.21. The van der Waals surface area contributed by atoms with Crippen LogP contribution in [0.3, 0.4) is 0 Å². The summed E-state index contributed by atoms with van der Waals surface area (Å²) in [5, 5.41) is 13.7. The maximum Gasteiger partial charge on any atom is 0.122 e. The molecule has 0 aromatic heterocycles. The van der Waals surface area contributed by atoms with Gasteiger partial charge >= 0.3 is 0 Å². The molecule has 3 nitrogen and oxygen atoms in total. The predicted molar refractivity (Wildman–Crippen MR) is 78.1 cm³/mol. The molecule has 1 aromatic rings. The van der Waals surface area contributed by atoms with Crippen molar-refractivity contribution in [2.75, 3.05) is 13.7 Å². The lowest BCUT2D eigenvalue weighted by molar-refractivity contribution is 0.401. The number of hydrogen-bond acceptors (Lipinski definition) is 3. The summed E-state index contributed by atoms with van der Waals surface area (Å²) in [4.78, 5) is 0. The lowest BCUT2D eigenvalue weighted by Gasteiger charge is -2.18. The normalized spacial score (nSPS) is 20.5. The molecule has 0 spiro atoms. The lowest BCUT2D eigenvalue weighted by Crippen LogP contribution is -2.23. The average Bonchev–Trinajstić information content (AvgIpc) is 2.91. The van der Waals surface area contributed by atoms with E-state index in [0.717, 1.165) is 36.3 Å². The number of aromatic hydroxyl groups is 1. The third-order valence-corrected chi connectivity index (χ3v) is 4.20. The highest BCUT2D eigenvalue weighted by Gasteiger charge is 2.19. The highest BCUT2D eigenvalue weighted by Crippen LogP contribution is 2.35. The summed E-state index contributed by atoms with van der Waals surface area (Å²) in [5.41, 5.74) is 2.09. The Morgan fingerprint density at radius 2 is 2.26 bits per heavy atom. The van der Waals surface area contributed by atoms with E-state index in [1.165, 1.54) is 12.8 Å². The van der Waals surface area contributed by atoms with Crippen LogP contribution >= 0.6 is 0 Å². The van der Waals surface area contributed by atoms with Crippen molar-refractivity contribution >= 4 is 0 Å². The predicted octanol–water partition coefficient (Wildman–Crippen LogP) is 3.21. The second kappa shape index (κ2) is 6.29. The molecule has 0 amide bonds. The summed E-state index contributed by atoms with van der Waals surface area (Å²) in [6.07, 6.45) is 4.39. The number of phenolic OH excluding ortho intramolecular Hbond substituents is 1. The first kappa shape index (κ1) is 14.2. The van der Waals surface area contributed by atoms with Gasteiger partial charge in [0.1, 0.15) is 11.5 Å². The summed E-state index contributed by atoms with van der Waals surface area (Å²) in [6, 6.07) is 4.41. The molecule has 2 unspecified atom stereocenters. The molecular formula is C16H25NO2. The first-order valence-electron chi connectivity index (χ1n) is 7.28. The van der Waals surface area contributed by atoms with Crippen LogP contribution in [0.15, 0.2) is 12.1 Å². The zero-order chi connectivity index (χ0) is 13.8. The van der Waals surface area contributed by atoms with Crippen LogP contribution in [0.2, 0.25) is 0 Å². The molecule has 1 aliphatic rings. The van der Waals surface area contributed by atoms with E-state index in [4.69, 9.17) is 4.74 Å². The quantitative estimate of drug-likeness (QED) is 0.857. The molecule has 0 saturated carbocycles. The van der Waals surface area contributed by atoms with Crippen molar-refractivity contribution in [3.63, 3.8) is 0 Å². The molecular weight excluding hydrogens is 238 g/mol. The number of nitrogens with one attached hydrogen (secondary N) is 1. The second-order valence-electron chi connectivity index (χ2n) is 5.53. The van der Waals surface area contributed by atoms with Gasteiger partial charge in [-0.1, -0.05) is 13.8 Å². The molecule has 2 rings (SSSR count). The first-order valence-corrected chi connectivity index (χ1v) is 7.28. The number of phenols is 1. The Bertz CT molecular complexity index is 425. The molecule has 19 heavy (non-hydrogen) atoms. The van der Waals surface area contributed by atoms with Gasteiger partial charge in [0.2, 0.25) is 0 Å². The average molecular weight is 263 g/mol. The van der Waals surface area contributed by atoms with Crippen molar-refractivity contribution in [1.29, 1.82) is 0 Å². The van der Waals surface area contributed by atoms with Crippen LogP contribution in [0, 0.1) is 0 Å². The molecule has 1 aromatic carbocycles. The van der Waals surface area contributed by atoms with E-state index < -0.39 is 0 Å². The minimum Gasteiger partial charge on any atom is -0.508 e. The first-order chi connectivity index (χ1) is 9.15. The maximum absolute atomic E-state index is 10.2. The Labute approximate surface area is 116 Å². The summed E-state index contributed by atoms with van der Waals surface area (Å²) < 4.78 is 5.51. The van der Waals surface area contributed by atoms with E-state index in [1.54, 1.807) is 7.11 Å². The molecule has 1 saturated heterocycles. The lowest BCUT2D eigenvalue weighted by atomic mass is 9.94. The van der Waals surface area contributed by atoms with Crippen LogP contribution in [0.25, 0.3) is 0 Å². The van der Waals surface area contributed by atoms with E-state index in [9.17, 15) is 5.11 Å². The van der Waals surface area contributed by atoms with E-state index in [0.29, 0.717) is 17.7 Å². The van der Waals surface area contributed by atoms with E-state index in [2.05, 4.69) is 19.2 Å². The van der Waals surface area contributed by atoms with Crippen LogP contribution < -0.4 is 10.1 Å². The van der Waals surface area contributed by atoms with Gasteiger partial charge in [0.05, 0.1) is 7.11 Å². The number of methoxy groups -OCH3 is 1. The Kier molecular flexibility index (Phi) is 4.70. The Morgan fingerprint density at radius 3 is 2.84 bits per heavy atom. The summed E-state index contributed by atoms with van der Waals surface area (Å²) in [5.74, 6) is 1.66. The van der Waals surface area contributed by atoms with Gasteiger partial charge in [0, 0.05) is 11.6 Å². The van der Waals surface area contributed by atoms with Crippen LogP contribution in [-0.4, -0.2) is 24.8 Å². The number of hydrogen-bond donors (Lipinski definition) is 2. The highest BCUT2D eigenvalue weighted by atomic mass is 16.5. The fourth-order valence-corrected chi connectivity index (χ4v) is 2.79. The SMILES string of the molecule is CCC(C)c1cc(OC)c(CC2CCCN2)cc1O. The van der Waals surface area contributed by atoms with Crippen molar-refractivity contribution in [1.82, 2.24) is 5.32 Å². The minimum atomic E-state index is 0.354. The van der Waals surface area contributed by atoms with E-state index in [1.807, 2.05) is 12.1 Å². The maximum atomic E-state index is 10.2. The van der Waals surface area contributed by atoms with E-state index in [-0.39, 0.29) is 0 Å². The summed E-state index contributed by atoms with van der Waals surface area (Å²) >= 11 is 0. The molecule has 106 valence electrons. The molecule has 3 heteroatoms. The van der Waals surface area contributed by atoms with Gasteiger partial charge in [-0.25, -0.2) is 0 Å². The second-order valence-corrected chi connectivity index (χ2v) is 5.53. The zero-order valence-corrected chi connectivity index (χ0v) is 12.2. The standard InChI is InChI=1S/C16H25NO2/c1-4-11(2)14-10-16(19-3)12(9-15(14)18)8-13-6-5-7-17-13/h9-11,13,17-18H,4-8H2,1-3H3. The van der Waals surface area contributed by atoms with Crippen molar-refractivity contribution in [3.05, 3.63) is 23.3 Å². The molecule has 2 N–H and O–H groups in total. The van der Waals surface area contributed by atoms with Crippen molar-refractivity contribution < 1.29 is 9.84 Å². The zero-order valence-electron chi connectivity index (χ0n) is 12.2. The Hall–Kier alpha value is -1.22. The molecule has 1 aliphatic heterocycles. The topological polar surface area (TPSA) is 41.5 Å². The fourth-order valence-electron chi connectivity index (χ4n) is 2.79. The summed E-state index contributed by atoms with van der Waals surface area (Å²) in [6.45, 7) is 5.36. The van der Waals surface area contributed by atoms with Crippen molar-refractivity contribution in [2.24, 2.45) is 0 Å². The smallest absolute Gasteiger partial charge is 0.122 e. The van der Waals surface area contributed by atoms with Crippen LogP contribution in [0.1, 0.15) is 50.2 Å². The summed E-state index contributed by atoms with van der Waals surface area (Å²) in [7, 11) is 1.71. The van der Waals surface area contributed by atoms with Gasteiger partial charge in [-0.05, 0) is 55.8 Å². The van der Waals surface area contributed by atoms with Crippen molar-refractivity contribution in [2.45, 2.75) is 51.5 Å². The molecule has 0 aliphatic carbocycles. The molecule has 1 heterocycles. The van der Waals surface area contributed by atoms with Crippen LogP contribution in [0.4, 0.5) is 0 Å². The van der Waals surface area contributed by atoms with Gasteiger partial charge in [-0.2, -0.15) is 0 Å². The van der Waals surface area contributed by atoms with Gasteiger partial charge in [0.25, 0.3) is 0 Å².